The van der Waals surface area contributed by atoms with E-state index in [1.54, 1.807) is 6.92 Å². The standard InChI is InChI=1S/C11H13FN2O4S2/c1-9(7-13)8-14(2)20(17,18)11-5-3-10(4-6-11)19(12,15)16/h3-6,9H,8H2,1-2H3. The van der Waals surface area contributed by atoms with Crippen LogP contribution in [0.25, 0.3) is 0 Å². The average Bonchev–Trinajstić information content (AvgIpc) is 2.37. The molecule has 0 fully saturated rings. The van der Waals surface area contributed by atoms with E-state index in [2.05, 4.69) is 0 Å². The number of rotatable bonds is 5. The minimum atomic E-state index is -4.86. The van der Waals surface area contributed by atoms with Gasteiger partial charge >= 0.3 is 10.2 Å². The zero-order valence-electron chi connectivity index (χ0n) is 10.8. The summed E-state index contributed by atoms with van der Waals surface area (Å²) in [5.74, 6) is -0.486. The van der Waals surface area contributed by atoms with Crippen molar-refractivity contribution in [3.63, 3.8) is 0 Å². The number of hydrogen-bond donors (Lipinski definition) is 0. The molecule has 1 aromatic rings. The van der Waals surface area contributed by atoms with Crippen LogP contribution in [0.4, 0.5) is 3.89 Å². The first-order chi connectivity index (χ1) is 9.09. The Bertz CT molecular complexity index is 721. The van der Waals surface area contributed by atoms with E-state index in [1.807, 2.05) is 6.07 Å². The van der Waals surface area contributed by atoms with E-state index in [-0.39, 0.29) is 11.4 Å². The Kier molecular flexibility index (Phi) is 4.86. The normalized spacial score (nSPS) is 13.9. The summed E-state index contributed by atoms with van der Waals surface area (Å²) in [4.78, 5) is -0.776. The molecule has 0 saturated carbocycles. The molecule has 0 aliphatic heterocycles. The van der Waals surface area contributed by atoms with Crippen molar-refractivity contribution in [3.05, 3.63) is 24.3 Å². The van der Waals surface area contributed by atoms with Gasteiger partial charge in [-0.3, -0.25) is 0 Å². The van der Waals surface area contributed by atoms with E-state index >= 15 is 0 Å². The lowest BCUT2D eigenvalue weighted by Gasteiger charge is -2.18. The Labute approximate surface area is 117 Å². The molecule has 0 aliphatic rings. The first kappa shape index (κ1) is 16.6. The molecule has 0 amide bonds. The highest BCUT2D eigenvalue weighted by molar-refractivity contribution is 7.89. The third-order valence-electron chi connectivity index (χ3n) is 2.56. The second-order valence-corrected chi connectivity index (χ2v) is 7.62. The quantitative estimate of drug-likeness (QED) is 0.758. The Morgan fingerprint density at radius 2 is 1.65 bits per heavy atom. The van der Waals surface area contributed by atoms with Crippen LogP contribution in [0.15, 0.2) is 34.1 Å². The van der Waals surface area contributed by atoms with Crippen molar-refractivity contribution in [3.8, 4) is 6.07 Å². The van der Waals surface area contributed by atoms with Gasteiger partial charge in [0.2, 0.25) is 10.0 Å². The van der Waals surface area contributed by atoms with Gasteiger partial charge < -0.3 is 0 Å². The van der Waals surface area contributed by atoms with Gasteiger partial charge in [-0.05, 0) is 31.2 Å². The third-order valence-corrected chi connectivity index (χ3v) is 5.24. The second-order valence-electron chi connectivity index (χ2n) is 4.22. The van der Waals surface area contributed by atoms with Gasteiger partial charge in [-0.2, -0.15) is 18.0 Å². The molecule has 0 spiro atoms. The van der Waals surface area contributed by atoms with Crippen molar-refractivity contribution in [2.45, 2.75) is 16.7 Å². The van der Waals surface area contributed by atoms with E-state index in [1.165, 1.54) is 7.05 Å². The van der Waals surface area contributed by atoms with Crippen LogP contribution in [0.2, 0.25) is 0 Å². The van der Waals surface area contributed by atoms with E-state index in [0.717, 1.165) is 28.6 Å². The molecule has 0 aromatic heterocycles. The first-order valence-electron chi connectivity index (χ1n) is 5.49. The van der Waals surface area contributed by atoms with Crippen LogP contribution < -0.4 is 0 Å². The maximum absolute atomic E-state index is 12.7. The lowest BCUT2D eigenvalue weighted by atomic mass is 10.2. The molecule has 0 bridgehead atoms. The lowest BCUT2D eigenvalue weighted by molar-refractivity contribution is 0.439. The molecule has 1 atom stereocenters. The van der Waals surface area contributed by atoms with Crippen molar-refractivity contribution < 1.29 is 20.7 Å². The summed E-state index contributed by atoms with van der Waals surface area (Å²) in [6, 6.07) is 5.69. The van der Waals surface area contributed by atoms with Crippen LogP contribution >= 0.6 is 0 Å². The molecule has 0 radical (unpaired) electrons. The molecular weight excluding hydrogens is 307 g/mol. The summed E-state index contributed by atoms with van der Waals surface area (Å²) in [7, 11) is -7.39. The van der Waals surface area contributed by atoms with Crippen molar-refractivity contribution in [2.24, 2.45) is 5.92 Å². The van der Waals surface area contributed by atoms with E-state index in [4.69, 9.17) is 5.26 Å². The Morgan fingerprint density at radius 1 is 1.20 bits per heavy atom. The summed E-state index contributed by atoms with van der Waals surface area (Å²) in [5.41, 5.74) is 0. The molecule has 6 nitrogen and oxygen atoms in total. The fourth-order valence-corrected chi connectivity index (χ4v) is 3.20. The largest absolute Gasteiger partial charge is 0.332 e. The van der Waals surface area contributed by atoms with E-state index in [9.17, 15) is 20.7 Å². The van der Waals surface area contributed by atoms with Gasteiger partial charge in [0.1, 0.15) is 0 Å². The maximum Gasteiger partial charge on any atom is 0.332 e. The minimum Gasteiger partial charge on any atom is -0.207 e. The molecule has 1 unspecified atom stereocenters. The average molecular weight is 320 g/mol. The number of nitriles is 1. The van der Waals surface area contributed by atoms with E-state index in [0.29, 0.717) is 0 Å². The van der Waals surface area contributed by atoms with Crippen molar-refractivity contribution >= 4 is 20.2 Å². The predicted molar refractivity (Wildman–Crippen MR) is 69.3 cm³/mol. The zero-order valence-corrected chi connectivity index (χ0v) is 12.4. The van der Waals surface area contributed by atoms with Gasteiger partial charge in [-0.1, -0.05) is 0 Å². The number of hydrogen-bond acceptors (Lipinski definition) is 5. The Morgan fingerprint density at radius 3 is 2.05 bits per heavy atom. The number of nitrogens with zero attached hydrogens (tertiary/aromatic N) is 2. The van der Waals surface area contributed by atoms with Crippen molar-refractivity contribution in [1.29, 1.82) is 5.26 Å². The highest BCUT2D eigenvalue weighted by Crippen LogP contribution is 2.19. The molecule has 0 N–H and O–H groups in total. The molecule has 0 saturated heterocycles. The molecular formula is C11H13FN2O4S2. The van der Waals surface area contributed by atoms with Gasteiger partial charge in [0.15, 0.2) is 0 Å². The van der Waals surface area contributed by atoms with Crippen LogP contribution in [0.1, 0.15) is 6.92 Å². The van der Waals surface area contributed by atoms with Crippen LogP contribution in [-0.2, 0) is 20.2 Å². The number of sulfonamides is 1. The van der Waals surface area contributed by atoms with Crippen LogP contribution in [0.5, 0.6) is 0 Å². The Balaban J connectivity index is 3.08. The van der Waals surface area contributed by atoms with Gasteiger partial charge in [-0.25, -0.2) is 8.42 Å². The minimum absolute atomic E-state index is 0.00198. The second kappa shape index (κ2) is 5.87. The van der Waals surface area contributed by atoms with Crippen LogP contribution in [0, 0.1) is 17.2 Å². The summed E-state index contributed by atoms with van der Waals surface area (Å²) in [6.07, 6.45) is 0. The fourth-order valence-electron chi connectivity index (χ4n) is 1.48. The number of benzene rings is 1. The number of halogens is 1. The SMILES string of the molecule is CC(C#N)CN(C)S(=O)(=O)c1ccc(S(=O)(=O)F)cc1. The summed E-state index contributed by atoms with van der Waals surface area (Å²) in [5, 5.41) is 8.67. The third kappa shape index (κ3) is 3.75. The van der Waals surface area contributed by atoms with Gasteiger partial charge in [-0.15, -0.1) is 3.89 Å². The first-order valence-corrected chi connectivity index (χ1v) is 8.32. The van der Waals surface area contributed by atoms with Crippen molar-refractivity contribution in [2.75, 3.05) is 13.6 Å². The molecule has 110 valence electrons. The predicted octanol–water partition coefficient (Wildman–Crippen LogP) is 1.12. The van der Waals surface area contributed by atoms with E-state index < -0.39 is 31.1 Å². The Hall–Kier alpha value is -1.50. The van der Waals surface area contributed by atoms with Crippen molar-refractivity contribution in [1.82, 2.24) is 4.31 Å². The molecule has 20 heavy (non-hydrogen) atoms. The van der Waals surface area contributed by atoms with Crippen LogP contribution in [-0.4, -0.2) is 34.7 Å². The highest BCUT2D eigenvalue weighted by Gasteiger charge is 2.23. The zero-order chi connectivity index (χ0) is 15.6. The van der Waals surface area contributed by atoms with Gasteiger partial charge in [0.05, 0.1) is 21.8 Å². The molecule has 9 heteroatoms. The fraction of sp³-hybridized carbons (Fsp3) is 0.364. The van der Waals surface area contributed by atoms with Crippen LogP contribution in [0.3, 0.4) is 0 Å². The molecule has 0 heterocycles. The topological polar surface area (TPSA) is 95.3 Å². The monoisotopic (exact) mass is 320 g/mol. The lowest BCUT2D eigenvalue weighted by Crippen LogP contribution is -2.30. The molecule has 1 aromatic carbocycles. The molecule has 0 aliphatic carbocycles. The van der Waals surface area contributed by atoms with Gasteiger partial charge in [0.25, 0.3) is 0 Å². The smallest absolute Gasteiger partial charge is 0.207 e. The maximum atomic E-state index is 12.7. The summed E-state index contributed by atoms with van der Waals surface area (Å²) in [6.45, 7) is 1.58. The summed E-state index contributed by atoms with van der Waals surface area (Å²) >= 11 is 0. The van der Waals surface area contributed by atoms with Gasteiger partial charge in [0, 0.05) is 13.6 Å². The highest BCUT2D eigenvalue weighted by atomic mass is 32.3. The summed E-state index contributed by atoms with van der Waals surface area (Å²) < 4.78 is 59.2. The molecule has 1 rings (SSSR count).